The molecule has 0 bridgehead atoms. The van der Waals surface area contributed by atoms with E-state index in [0.29, 0.717) is 15.7 Å². The molecule has 2 N–H and O–H groups in total. The number of carbonyl (C=O) groups excluding carboxylic acids is 1. The van der Waals surface area contributed by atoms with Gasteiger partial charge in [-0.05, 0) is 67.0 Å². The van der Waals surface area contributed by atoms with Crippen molar-refractivity contribution in [3.63, 3.8) is 0 Å². The molecule has 0 radical (unpaired) electrons. The Morgan fingerprint density at radius 2 is 1.93 bits per heavy atom. The molecule has 6 heteroatoms. The highest BCUT2D eigenvalue weighted by molar-refractivity contribution is 6.35. The van der Waals surface area contributed by atoms with Crippen molar-refractivity contribution >= 4 is 34.8 Å². The molecule has 0 aromatic heterocycles. The van der Waals surface area contributed by atoms with Crippen molar-refractivity contribution < 1.29 is 4.79 Å². The highest BCUT2D eigenvalue weighted by atomic mass is 35.5. The van der Waals surface area contributed by atoms with Gasteiger partial charge < -0.3 is 10.6 Å². The van der Waals surface area contributed by atoms with Crippen LogP contribution >= 0.6 is 23.2 Å². The first kappa shape index (κ1) is 21.2. The molecule has 29 heavy (non-hydrogen) atoms. The van der Waals surface area contributed by atoms with E-state index in [4.69, 9.17) is 23.2 Å². The predicted octanol–water partition coefficient (Wildman–Crippen LogP) is 5.96. The van der Waals surface area contributed by atoms with Gasteiger partial charge in [-0.15, -0.1) is 0 Å². The van der Waals surface area contributed by atoms with Crippen molar-refractivity contribution in [3.05, 3.63) is 74.9 Å². The fourth-order valence-electron chi connectivity index (χ4n) is 3.54. The molecule has 4 nitrogen and oxygen atoms in total. The maximum atomic E-state index is 12.5. The second-order valence-corrected chi connectivity index (χ2v) is 7.95. The zero-order chi connectivity index (χ0) is 20.8. The monoisotopic (exact) mass is 427 g/mol. The fourth-order valence-corrected chi connectivity index (χ4v) is 3.87. The maximum Gasteiger partial charge on any atom is 0.267 e. The molecule has 1 amide bonds. The average Bonchev–Trinajstić information content (AvgIpc) is 2.73. The second-order valence-electron chi connectivity index (χ2n) is 7.11. The number of hydrogen-bond acceptors (Lipinski definition) is 3. The summed E-state index contributed by atoms with van der Waals surface area (Å²) in [5, 5.41) is 16.1. The summed E-state index contributed by atoms with van der Waals surface area (Å²) in [7, 11) is 0. The Morgan fingerprint density at radius 1 is 1.17 bits per heavy atom. The van der Waals surface area contributed by atoms with E-state index in [-0.39, 0.29) is 11.6 Å². The number of aryl methyl sites for hydroxylation is 2. The molecule has 150 valence electrons. The molecular formula is C23H23Cl2N3O. The molecular weight excluding hydrogens is 405 g/mol. The predicted molar refractivity (Wildman–Crippen MR) is 118 cm³/mol. The molecule has 1 aliphatic rings. The number of amides is 1. The van der Waals surface area contributed by atoms with Crippen molar-refractivity contribution in [1.82, 2.24) is 5.32 Å². The summed E-state index contributed by atoms with van der Waals surface area (Å²) < 4.78 is 0. The van der Waals surface area contributed by atoms with Gasteiger partial charge in [0.15, 0.2) is 0 Å². The third-order valence-corrected chi connectivity index (χ3v) is 5.72. The molecule has 0 heterocycles. The molecule has 1 atom stereocenters. The van der Waals surface area contributed by atoms with Crippen LogP contribution in [0.3, 0.4) is 0 Å². The average molecular weight is 428 g/mol. The Balaban J connectivity index is 1.73. The van der Waals surface area contributed by atoms with Crippen LogP contribution in [0.4, 0.5) is 5.69 Å². The normalized spacial score (nSPS) is 14.5. The molecule has 0 aliphatic heterocycles. The Kier molecular flexibility index (Phi) is 7.19. The number of rotatable bonds is 6. The first-order valence-electron chi connectivity index (χ1n) is 9.76. The third-order valence-electron chi connectivity index (χ3n) is 5.15. The smallest absolute Gasteiger partial charge is 0.267 e. The van der Waals surface area contributed by atoms with Gasteiger partial charge in [0.1, 0.15) is 11.6 Å². The Labute approximate surface area is 181 Å². The lowest BCUT2D eigenvalue weighted by molar-refractivity contribution is -0.112. The number of carbonyl (C=O) groups is 1. The molecule has 2 aromatic rings. The summed E-state index contributed by atoms with van der Waals surface area (Å²) in [5.74, 6) is -0.538. The first-order valence-corrected chi connectivity index (χ1v) is 10.5. The number of anilines is 1. The maximum absolute atomic E-state index is 12.5. The minimum atomic E-state index is -0.538. The lowest BCUT2D eigenvalue weighted by Gasteiger charge is -2.21. The second kappa shape index (κ2) is 9.82. The van der Waals surface area contributed by atoms with Crippen LogP contribution in [0.5, 0.6) is 0 Å². The molecule has 0 saturated carbocycles. The number of nitrogens with one attached hydrogen (secondary N) is 2. The SMILES string of the molecule is CCC(N/C=C(/C#N)C(=O)Nc1cc(Cl)ccc1Cl)c1ccc2c(c1)CCCC2. The summed E-state index contributed by atoms with van der Waals surface area (Å²) in [6, 6.07) is 13.3. The quantitative estimate of drug-likeness (QED) is 0.441. The van der Waals surface area contributed by atoms with Gasteiger partial charge in [0.05, 0.1) is 16.8 Å². The Bertz CT molecular complexity index is 979. The van der Waals surface area contributed by atoms with E-state index in [1.54, 1.807) is 18.2 Å². The number of nitriles is 1. The Hall–Kier alpha value is -2.48. The Morgan fingerprint density at radius 3 is 2.66 bits per heavy atom. The molecule has 2 aromatic carbocycles. The van der Waals surface area contributed by atoms with Crippen LogP contribution in [0.25, 0.3) is 0 Å². The van der Waals surface area contributed by atoms with Crippen LogP contribution in [0, 0.1) is 11.3 Å². The molecule has 0 spiro atoms. The fraction of sp³-hybridized carbons (Fsp3) is 0.304. The van der Waals surface area contributed by atoms with Crippen LogP contribution in [0.2, 0.25) is 10.0 Å². The van der Waals surface area contributed by atoms with Crippen molar-refractivity contribution in [3.8, 4) is 6.07 Å². The van der Waals surface area contributed by atoms with Crippen molar-refractivity contribution in [2.75, 3.05) is 5.32 Å². The largest absolute Gasteiger partial charge is 0.383 e. The lowest BCUT2D eigenvalue weighted by Crippen LogP contribution is -2.20. The number of benzene rings is 2. The van der Waals surface area contributed by atoms with Crippen LogP contribution in [-0.2, 0) is 17.6 Å². The number of fused-ring (bicyclic) bond motifs is 1. The molecule has 0 saturated heterocycles. The standard InChI is InChI=1S/C23H23Cl2N3O/c1-2-21(17-8-7-15-5-3-4-6-16(15)11-17)27-14-18(13-26)23(29)28-22-12-19(24)9-10-20(22)25/h7-12,14,21,27H,2-6H2,1H3,(H,28,29)/b18-14-. The first-order chi connectivity index (χ1) is 14.0. The van der Waals surface area contributed by atoms with E-state index in [1.165, 1.54) is 35.7 Å². The van der Waals surface area contributed by atoms with Gasteiger partial charge in [-0.1, -0.05) is 48.3 Å². The van der Waals surface area contributed by atoms with Crippen LogP contribution in [0.15, 0.2) is 48.2 Å². The third kappa shape index (κ3) is 5.32. The van der Waals surface area contributed by atoms with E-state index in [0.717, 1.165) is 19.3 Å². The molecule has 0 fully saturated rings. The number of hydrogen-bond donors (Lipinski definition) is 2. The topological polar surface area (TPSA) is 64.9 Å². The van der Waals surface area contributed by atoms with E-state index in [9.17, 15) is 10.1 Å². The number of nitrogens with zero attached hydrogens (tertiary/aromatic N) is 1. The summed E-state index contributed by atoms with van der Waals surface area (Å²) in [5.41, 5.74) is 4.34. The van der Waals surface area contributed by atoms with Crippen LogP contribution in [-0.4, -0.2) is 5.91 Å². The highest BCUT2D eigenvalue weighted by Gasteiger charge is 2.16. The zero-order valence-corrected chi connectivity index (χ0v) is 17.8. The number of halogens is 2. The van der Waals surface area contributed by atoms with Gasteiger partial charge in [-0.2, -0.15) is 5.26 Å². The van der Waals surface area contributed by atoms with Gasteiger partial charge in [0, 0.05) is 11.2 Å². The van der Waals surface area contributed by atoms with E-state index in [2.05, 4.69) is 35.8 Å². The summed E-state index contributed by atoms with van der Waals surface area (Å²) in [6.07, 6.45) is 7.04. The van der Waals surface area contributed by atoms with Crippen LogP contribution < -0.4 is 10.6 Å². The van der Waals surface area contributed by atoms with E-state index < -0.39 is 5.91 Å². The summed E-state index contributed by atoms with van der Waals surface area (Å²) in [6.45, 7) is 2.07. The minimum Gasteiger partial charge on any atom is -0.383 e. The molecule has 3 rings (SSSR count). The van der Waals surface area contributed by atoms with Crippen molar-refractivity contribution in [2.45, 2.75) is 45.1 Å². The van der Waals surface area contributed by atoms with Crippen molar-refractivity contribution in [2.24, 2.45) is 0 Å². The zero-order valence-electron chi connectivity index (χ0n) is 16.3. The summed E-state index contributed by atoms with van der Waals surface area (Å²) >= 11 is 12.0. The van der Waals surface area contributed by atoms with Gasteiger partial charge in [-0.25, -0.2) is 0 Å². The van der Waals surface area contributed by atoms with E-state index in [1.807, 2.05) is 6.07 Å². The highest BCUT2D eigenvalue weighted by Crippen LogP contribution is 2.27. The van der Waals surface area contributed by atoms with Crippen LogP contribution in [0.1, 0.15) is 48.9 Å². The van der Waals surface area contributed by atoms with Gasteiger partial charge in [-0.3, -0.25) is 4.79 Å². The van der Waals surface area contributed by atoms with Crippen molar-refractivity contribution in [1.29, 1.82) is 5.26 Å². The summed E-state index contributed by atoms with van der Waals surface area (Å²) in [4.78, 5) is 12.5. The van der Waals surface area contributed by atoms with Gasteiger partial charge in [0.2, 0.25) is 0 Å². The van der Waals surface area contributed by atoms with Gasteiger partial charge >= 0.3 is 0 Å². The molecule has 1 aliphatic carbocycles. The minimum absolute atomic E-state index is 0.0214. The van der Waals surface area contributed by atoms with Gasteiger partial charge in [0.25, 0.3) is 5.91 Å². The lowest BCUT2D eigenvalue weighted by atomic mass is 9.89. The van der Waals surface area contributed by atoms with E-state index >= 15 is 0 Å². The molecule has 1 unspecified atom stereocenters.